The van der Waals surface area contributed by atoms with Crippen molar-refractivity contribution in [2.75, 3.05) is 27.8 Å². The molecule has 376 valence electrons. The van der Waals surface area contributed by atoms with Gasteiger partial charge in [-0.25, -0.2) is 0 Å². The van der Waals surface area contributed by atoms with Crippen molar-refractivity contribution in [3.8, 4) is 17.8 Å². The average molecular weight is 1020 g/mol. The van der Waals surface area contributed by atoms with Crippen molar-refractivity contribution in [2.45, 2.75) is 161 Å². The second-order valence-electron chi connectivity index (χ2n) is 18.1. The monoisotopic (exact) mass is 1020 g/mol. The molecule has 4 fully saturated rings. The second kappa shape index (κ2) is 33.1. The lowest BCUT2D eigenvalue weighted by molar-refractivity contribution is -0.115. The van der Waals surface area contributed by atoms with Gasteiger partial charge < -0.3 is 14.8 Å². The van der Waals surface area contributed by atoms with E-state index < -0.39 is 0 Å². The Balaban J connectivity index is 0.000000842. The number of likely N-dealkylation sites (N-methyl/N-ethyl adjacent to an activating group) is 1. The zero-order chi connectivity index (χ0) is 48.6. The van der Waals surface area contributed by atoms with E-state index in [1.54, 1.807) is 14.0 Å². The highest BCUT2D eigenvalue weighted by Crippen LogP contribution is 2.48. The van der Waals surface area contributed by atoms with Crippen molar-refractivity contribution in [3.05, 3.63) is 139 Å². The van der Waals surface area contributed by atoms with Crippen LogP contribution in [0.5, 0.6) is 0 Å². The molecule has 5 nitrogen and oxygen atoms in total. The fourth-order valence-corrected chi connectivity index (χ4v) is 9.43. The van der Waals surface area contributed by atoms with Crippen molar-refractivity contribution in [1.82, 2.24) is 5.32 Å². The van der Waals surface area contributed by atoms with E-state index in [4.69, 9.17) is 51.7 Å². The minimum Gasteiger partial charge on any atom is -0.385 e. The summed E-state index contributed by atoms with van der Waals surface area (Å²) in [6.07, 6.45) is 18.3. The lowest BCUT2D eigenvalue weighted by Gasteiger charge is -2.49. The van der Waals surface area contributed by atoms with Gasteiger partial charge in [-0.3, -0.25) is 4.99 Å². The maximum atomic E-state index is 11.0. The number of benzene rings is 4. The van der Waals surface area contributed by atoms with Crippen molar-refractivity contribution in [1.29, 1.82) is 5.26 Å². The maximum Gasteiger partial charge on any atom is 0.187 e. The molecule has 0 bridgehead atoms. The SMILES string of the molecule is C.C.C.CCOC.CN=CC1(c2ccc(Cl)cc2)CCC1.CNC(CC(C)C)C1(c2ccc(Cl)cc2)CCC1.N#CC1(c2ccc(Cl)cc2)CCC1.O=CC1(c2ccc(Cl)cc2)CCC1.[B]C#CC. The molecular weight excluding hydrogens is 935 g/mol. The van der Waals surface area contributed by atoms with E-state index in [1.807, 2.05) is 86.8 Å². The summed E-state index contributed by atoms with van der Waals surface area (Å²) in [5, 5.41) is 15.7. The molecule has 1 N–H and O–H groups in total. The zero-order valence-corrected chi connectivity index (χ0v) is 43.3. The van der Waals surface area contributed by atoms with Crippen LogP contribution >= 0.6 is 46.4 Å². The van der Waals surface area contributed by atoms with Gasteiger partial charge in [-0.1, -0.05) is 150 Å². The van der Waals surface area contributed by atoms with Crippen molar-refractivity contribution in [2.24, 2.45) is 10.9 Å². The van der Waals surface area contributed by atoms with Gasteiger partial charge in [-0.05, 0) is 162 Å². The van der Waals surface area contributed by atoms with Gasteiger partial charge in [0.05, 0.1) is 16.9 Å². The van der Waals surface area contributed by atoms with Crippen LogP contribution in [0.3, 0.4) is 0 Å². The lowest BCUT2D eigenvalue weighted by atomic mass is 9.59. The Kier molecular flexibility index (Phi) is 31.4. The number of nitriles is 1. The van der Waals surface area contributed by atoms with Crippen LogP contribution in [0, 0.1) is 29.0 Å². The highest BCUT2D eigenvalue weighted by Gasteiger charge is 2.45. The molecule has 0 saturated heterocycles. The van der Waals surface area contributed by atoms with Gasteiger partial charge >= 0.3 is 0 Å². The Morgan fingerprint density at radius 2 is 1.03 bits per heavy atom. The number of carbonyl (C=O) groups excluding carboxylic acids is 1. The predicted octanol–water partition coefficient (Wildman–Crippen LogP) is 16.8. The Morgan fingerprint density at radius 1 is 0.681 bits per heavy atom. The smallest absolute Gasteiger partial charge is 0.187 e. The molecule has 4 saturated carbocycles. The molecule has 0 aromatic heterocycles. The van der Waals surface area contributed by atoms with E-state index in [0.29, 0.717) is 11.5 Å². The number of nitrogens with zero attached hydrogens (tertiary/aromatic N) is 2. The summed E-state index contributed by atoms with van der Waals surface area (Å²) in [4.78, 5) is 15.1. The first kappa shape index (κ1) is 65.4. The third kappa shape index (κ3) is 18.5. The van der Waals surface area contributed by atoms with Crippen molar-refractivity contribution in [3.63, 3.8) is 0 Å². The van der Waals surface area contributed by atoms with Crippen LogP contribution in [0.15, 0.2) is 102 Å². The molecule has 69 heavy (non-hydrogen) atoms. The number of halogens is 4. The van der Waals surface area contributed by atoms with Gasteiger partial charge in [0.2, 0.25) is 0 Å². The number of nitrogens with one attached hydrogen (secondary N) is 1. The number of ether oxygens (including phenoxy) is 1. The fraction of sp³-hybridized carbons (Fsp3) is 0.508. The molecule has 10 heteroatoms. The summed E-state index contributed by atoms with van der Waals surface area (Å²) >= 11 is 23.4. The van der Waals surface area contributed by atoms with Crippen molar-refractivity contribution < 1.29 is 9.53 Å². The molecular formula is C59H82BCl4N3O2. The molecule has 4 aliphatic rings. The highest BCUT2D eigenvalue weighted by atomic mass is 35.5. The largest absolute Gasteiger partial charge is 0.385 e. The Hall–Kier alpha value is -3.59. The topological polar surface area (TPSA) is 74.5 Å². The number of hydrogen-bond donors (Lipinski definition) is 1. The first-order valence-corrected chi connectivity index (χ1v) is 24.9. The molecule has 4 aliphatic carbocycles. The lowest BCUT2D eigenvalue weighted by Crippen LogP contribution is -2.52. The van der Waals surface area contributed by atoms with Gasteiger partial charge in [0.25, 0.3) is 0 Å². The molecule has 0 aliphatic heterocycles. The van der Waals surface area contributed by atoms with Crippen LogP contribution in [0.2, 0.25) is 20.1 Å². The second-order valence-corrected chi connectivity index (χ2v) is 19.8. The number of aldehydes is 1. The summed E-state index contributed by atoms with van der Waals surface area (Å²) in [6.45, 7) is 9.08. The Bertz CT molecular complexity index is 2140. The summed E-state index contributed by atoms with van der Waals surface area (Å²) in [5.41, 5.74) is 5.18. The van der Waals surface area contributed by atoms with Gasteiger partial charge in [0.1, 0.15) is 6.29 Å². The molecule has 1 atom stereocenters. The fourth-order valence-electron chi connectivity index (χ4n) is 8.93. The molecule has 0 heterocycles. The van der Waals surface area contributed by atoms with Crippen LogP contribution in [0.4, 0.5) is 0 Å². The summed E-state index contributed by atoms with van der Waals surface area (Å²) in [5.74, 6) is 5.37. The first-order chi connectivity index (χ1) is 31.7. The highest BCUT2D eigenvalue weighted by molar-refractivity contribution is 6.31. The van der Waals surface area contributed by atoms with Gasteiger partial charge in [-0.15, -0.1) is 5.92 Å². The van der Waals surface area contributed by atoms with Crippen LogP contribution in [0.25, 0.3) is 0 Å². The average Bonchev–Trinajstić information content (AvgIpc) is 3.27. The van der Waals surface area contributed by atoms with Crippen molar-refractivity contribution >= 4 is 66.8 Å². The van der Waals surface area contributed by atoms with E-state index in [0.717, 1.165) is 88.6 Å². The third-order valence-electron chi connectivity index (χ3n) is 13.6. The number of methoxy groups -OCH3 is 1. The molecule has 4 aromatic rings. The quantitative estimate of drug-likeness (QED) is 0.0703. The van der Waals surface area contributed by atoms with Crippen LogP contribution < -0.4 is 5.32 Å². The number of hydrogen-bond acceptors (Lipinski definition) is 5. The molecule has 0 amide bonds. The van der Waals surface area contributed by atoms with Gasteiger partial charge in [0.15, 0.2) is 7.85 Å². The van der Waals surface area contributed by atoms with E-state index >= 15 is 0 Å². The molecule has 8 rings (SSSR count). The maximum absolute atomic E-state index is 11.0. The number of aliphatic imine (C=N–C) groups is 1. The van der Waals surface area contributed by atoms with E-state index in [1.165, 1.54) is 56.1 Å². The normalized spacial score (nSPS) is 16.9. The zero-order valence-electron chi connectivity index (χ0n) is 40.2. The van der Waals surface area contributed by atoms with E-state index in [-0.39, 0.29) is 38.5 Å². The van der Waals surface area contributed by atoms with E-state index in [2.05, 4.69) is 92.1 Å². The summed E-state index contributed by atoms with van der Waals surface area (Å²) in [6, 6.07) is 34.9. The minimum absolute atomic E-state index is 0. The predicted molar refractivity (Wildman–Crippen MR) is 303 cm³/mol. The Labute approximate surface area is 441 Å². The molecule has 4 aromatic carbocycles. The van der Waals surface area contributed by atoms with Gasteiger partial charge in [-0.2, -0.15) is 11.1 Å². The third-order valence-corrected chi connectivity index (χ3v) is 14.6. The van der Waals surface area contributed by atoms with Gasteiger partial charge in [0, 0.05) is 63.9 Å². The number of rotatable bonds is 11. The summed E-state index contributed by atoms with van der Waals surface area (Å²) in [7, 11) is 10.3. The van der Waals surface area contributed by atoms with E-state index in [9.17, 15) is 4.79 Å². The first-order valence-electron chi connectivity index (χ1n) is 23.4. The summed E-state index contributed by atoms with van der Waals surface area (Å²) < 4.78 is 4.54. The minimum atomic E-state index is -0.204. The van der Waals surface area contributed by atoms with Crippen LogP contribution in [0.1, 0.15) is 156 Å². The number of carbonyl (C=O) groups is 1. The van der Waals surface area contributed by atoms with Crippen LogP contribution in [-0.4, -0.2) is 54.2 Å². The molecule has 0 spiro atoms. The molecule has 2 radical (unpaired) electrons. The Morgan fingerprint density at radius 3 is 1.26 bits per heavy atom. The van der Waals surface area contributed by atoms with Crippen LogP contribution in [-0.2, 0) is 31.2 Å². The standard InChI is InChI=1S/C16H24ClN.C12H14ClN.C11H10ClN.C11H11ClO.C3H3B.C3H8O.3CH4/c1-12(2)11-15(18-3)16(9-4-10-16)13-5-7-14(17)8-6-13;1-14-9-12(7-2-8-12)10-3-5-11(13)6-4-10;2*12-10-4-2-9(3-5-10)11(8-13)6-1-7-11;1-2-3-4;1-3-4-2;;;/h5-8,12,15,18H,4,9-11H2,1-3H3;3-6,9H,2,7-8H2,1H3;2-5H,1,6-7H2;2-5,8H,1,6-7H2;1H3;3H2,1-2H3;3*1H4. The molecule has 1 unspecified atom stereocenters.